The third kappa shape index (κ3) is 6.10. The van der Waals surface area contributed by atoms with E-state index in [0.29, 0.717) is 19.6 Å². The molecule has 0 spiro atoms. The van der Waals surface area contributed by atoms with E-state index in [2.05, 4.69) is 0 Å². The molecule has 5 heteroatoms. The lowest BCUT2D eigenvalue weighted by atomic mass is 10.1. The Kier molecular flexibility index (Phi) is 5.88. The monoisotopic (exact) mass is 190 g/mol. The van der Waals surface area contributed by atoms with Crippen LogP contribution < -0.4 is 0 Å². The number of aliphatic carboxylic acids is 2. The topological polar surface area (TPSA) is 83.8 Å². The maximum atomic E-state index is 10.1. The minimum absolute atomic E-state index is 0.222. The van der Waals surface area contributed by atoms with Crippen LogP contribution in [-0.4, -0.2) is 35.4 Å². The van der Waals surface area contributed by atoms with Crippen LogP contribution in [0.5, 0.6) is 0 Å². The Balaban J connectivity index is 0.000000252. The van der Waals surface area contributed by atoms with Crippen LogP contribution in [0, 0.1) is 5.92 Å². The van der Waals surface area contributed by atoms with Crippen LogP contribution >= 0.6 is 0 Å². The average Bonchev–Trinajstić information content (AvgIpc) is 2.57. The number of hydrogen-bond donors (Lipinski definition) is 2. The SMILES string of the molecule is CCC(=O)O.O=C(O)C1CCOC1. The highest BCUT2D eigenvalue weighted by molar-refractivity contribution is 5.70. The van der Waals surface area contributed by atoms with Crippen molar-refractivity contribution in [1.82, 2.24) is 0 Å². The van der Waals surface area contributed by atoms with Gasteiger partial charge in [-0.25, -0.2) is 0 Å². The quantitative estimate of drug-likeness (QED) is 0.665. The van der Waals surface area contributed by atoms with Gasteiger partial charge < -0.3 is 14.9 Å². The highest BCUT2D eigenvalue weighted by Gasteiger charge is 2.21. The summed E-state index contributed by atoms with van der Waals surface area (Å²) in [6, 6.07) is 0. The first-order valence-corrected chi connectivity index (χ1v) is 4.10. The van der Waals surface area contributed by atoms with Crippen molar-refractivity contribution in [2.75, 3.05) is 13.2 Å². The van der Waals surface area contributed by atoms with Crippen molar-refractivity contribution in [3.63, 3.8) is 0 Å². The lowest BCUT2D eigenvalue weighted by Crippen LogP contribution is -2.12. The molecule has 0 aromatic rings. The summed E-state index contributed by atoms with van der Waals surface area (Å²) >= 11 is 0. The highest BCUT2D eigenvalue weighted by Crippen LogP contribution is 2.11. The Morgan fingerprint density at radius 2 is 2.00 bits per heavy atom. The van der Waals surface area contributed by atoms with Gasteiger partial charge in [0.05, 0.1) is 12.5 Å². The Morgan fingerprint density at radius 1 is 1.46 bits per heavy atom. The van der Waals surface area contributed by atoms with E-state index >= 15 is 0 Å². The zero-order valence-corrected chi connectivity index (χ0v) is 7.52. The van der Waals surface area contributed by atoms with Crippen molar-refractivity contribution in [1.29, 1.82) is 0 Å². The number of hydrogen-bond acceptors (Lipinski definition) is 3. The van der Waals surface area contributed by atoms with E-state index in [0.717, 1.165) is 0 Å². The third-order valence-corrected chi connectivity index (χ3v) is 1.58. The first-order valence-electron chi connectivity index (χ1n) is 4.10. The molecule has 1 aliphatic rings. The summed E-state index contributed by atoms with van der Waals surface area (Å²) in [4.78, 5) is 19.5. The fourth-order valence-electron chi connectivity index (χ4n) is 0.729. The van der Waals surface area contributed by atoms with Crippen LogP contribution in [0.2, 0.25) is 0 Å². The molecule has 1 aliphatic heterocycles. The van der Waals surface area contributed by atoms with E-state index in [1.165, 1.54) is 0 Å². The summed E-state index contributed by atoms with van der Waals surface area (Å²) in [5.41, 5.74) is 0. The van der Waals surface area contributed by atoms with Crippen LogP contribution in [0.25, 0.3) is 0 Å². The van der Waals surface area contributed by atoms with E-state index < -0.39 is 11.9 Å². The molecule has 0 aromatic heterocycles. The number of ether oxygens (including phenoxy) is 1. The normalized spacial score (nSPS) is 20.2. The van der Waals surface area contributed by atoms with Gasteiger partial charge in [0, 0.05) is 13.0 Å². The molecular formula is C8H14O5. The van der Waals surface area contributed by atoms with Gasteiger partial charge in [0.2, 0.25) is 0 Å². The molecule has 1 rings (SSSR count). The van der Waals surface area contributed by atoms with E-state index in [1.807, 2.05) is 0 Å². The van der Waals surface area contributed by atoms with Gasteiger partial charge in [-0.3, -0.25) is 9.59 Å². The number of carboxylic acids is 2. The predicted octanol–water partition coefficient (Wildman–Crippen LogP) is 0.588. The van der Waals surface area contributed by atoms with E-state index in [1.54, 1.807) is 6.92 Å². The smallest absolute Gasteiger partial charge is 0.308 e. The van der Waals surface area contributed by atoms with Gasteiger partial charge in [-0.15, -0.1) is 0 Å². The zero-order chi connectivity index (χ0) is 10.3. The molecule has 1 saturated heterocycles. The Hall–Kier alpha value is -1.10. The van der Waals surface area contributed by atoms with Crippen molar-refractivity contribution < 1.29 is 24.5 Å². The molecule has 2 N–H and O–H groups in total. The first kappa shape index (κ1) is 11.9. The number of carboxylic acid groups (broad SMARTS) is 2. The third-order valence-electron chi connectivity index (χ3n) is 1.58. The zero-order valence-electron chi connectivity index (χ0n) is 7.52. The van der Waals surface area contributed by atoms with Crippen molar-refractivity contribution >= 4 is 11.9 Å². The summed E-state index contributed by atoms with van der Waals surface area (Å²) in [5.74, 6) is -1.72. The van der Waals surface area contributed by atoms with E-state index in [9.17, 15) is 9.59 Å². The van der Waals surface area contributed by atoms with Crippen LogP contribution in [-0.2, 0) is 14.3 Å². The number of carbonyl (C=O) groups is 2. The van der Waals surface area contributed by atoms with Gasteiger partial charge in [0.25, 0.3) is 0 Å². The van der Waals surface area contributed by atoms with Gasteiger partial charge in [-0.05, 0) is 6.42 Å². The van der Waals surface area contributed by atoms with Crippen LogP contribution in [0.15, 0.2) is 0 Å². The van der Waals surface area contributed by atoms with Crippen LogP contribution in [0.1, 0.15) is 19.8 Å². The lowest BCUT2D eigenvalue weighted by Gasteiger charge is -1.95. The molecule has 0 bridgehead atoms. The molecule has 13 heavy (non-hydrogen) atoms. The average molecular weight is 190 g/mol. The number of rotatable bonds is 2. The summed E-state index contributed by atoms with van der Waals surface area (Å²) in [6.45, 7) is 2.61. The van der Waals surface area contributed by atoms with Gasteiger partial charge in [0.1, 0.15) is 0 Å². The second kappa shape index (κ2) is 6.42. The lowest BCUT2D eigenvalue weighted by molar-refractivity contribution is -0.141. The molecule has 0 radical (unpaired) electrons. The van der Waals surface area contributed by atoms with Crippen molar-refractivity contribution in [3.8, 4) is 0 Å². The predicted molar refractivity (Wildman–Crippen MR) is 44.5 cm³/mol. The molecule has 1 atom stereocenters. The van der Waals surface area contributed by atoms with Crippen LogP contribution in [0.3, 0.4) is 0 Å². The molecule has 1 fully saturated rings. The highest BCUT2D eigenvalue weighted by atomic mass is 16.5. The molecule has 5 nitrogen and oxygen atoms in total. The molecule has 0 saturated carbocycles. The minimum atomic E-state index is -0.745. The van der Waals surface area contributed by atoms with Gasteiger partial charge in [0.15, 0.2) is 0 Å². The molecule has 1 unspecified atom stereocenters. The van der Waals surface area contributed by atoms with E-state index in [-0.39, 0.29) is 12.3 Å². The largest absolute Gasteiger partial charge is 0.481 e. The molecule has 0 aliphatic carbocycles. The van der Waals surface area contributed by atoms with Gasteiger partial charge in [-0.2, -0.15) is 0 Å². The van der Waals surface area contributed by atoms with Gasteiger partial charge in [-0.1, -0.05) is 6.92 Å². The minimum Gasteiger partial charge on any atom is -0.481 e. The summed E-state index contributed by atoms with van der Waals surface area (Å²) in [7, 11) is 0. The first-order chi connectivity index (χ1) is 6.07. The van der Waals surface area contributed by atoms with Crippen LogP contribution in [0.4, 0.5) is 0 Å². The molecule has 76 valence electrons. The summed E-state index contributed by atoms with van der Waals surface area (Å²) < 4.78 is 4.84. The maximum Gasteiger partial charge on any atom is 0.308 e. The van der Waals surface area contributed by atoms with Crippen molar-refractivity contribution in [2.24, 2.45) is 5.92 Å². The van der Waals surface area contributed by atoms with Crippen molar-refractivity contribution in [3.05, 3.63) is 0 Å². The Labute approximate surface area is 76.3 Å². The van der Waals surface area contributed by atoms with Gasteiger partial charge >= 0.3 is 11.9 Å². The fourth-order valence-corrected chi connectivity index (χ4v) is 0.729. The summed E-state index contributed by atoms with van der Waals surface area (Å²) in [5, 5.41) is 16.1. The maximum absolute atomic E-state index is 10.1. The summed E-state index contributed by atoms with van der Waals surface area (Å²) in [6.07, 6.45) is 0.898. The van der Waals surface area contributed by atoms with Crippen molar-refractivity contribution in [2.45, 2.75) is 19.8 Å². The molecule has 0 aromatic carbocycles. The fraction of sp³-hybridized carbons (Fsp3) is 0.750. The Morgan fingerprint density at radius 3 is 2.15 bits per heavy atom. The standard InChI is InChI=1S/C5H8O3.C3H6O2/c6-5(7)4-1-2-8-3-4;1-2-3(4)5/h4H,1-3H2,(H,6,7);2H2,1H3,(H,4,5). The van der Waals surface area contributed by atoms with E-state index in [4.69, 9.17) is 14.9 Å². The Bertz CT molecular complexity index is 171. The molecule has 1 heterocycles. The second-order valence-electron chi connectivity index (χ2n) is 2.65. The second-order valence-corrected chi connectivity index (χ2v) is 2.65. The molecular weight excluding hydrogens is 176 g/mol. The molecule has 0 amide bonds.